The third-order valence-corrected chi connectivity index (χ3v) is 16.9. The van der Waals surface area contributed by atoms with Gasteiger partial charge in [0.25, 0.3) is 9.84 Å². The highest BCUT2D eigenvalue weighted by Gasteiger charge is 2.48. The van der Waals surface area contributed by atoms with Crippen molar-refractivity contribution in [2.45, 2.75) is 52.0 Å². The van der Waals surface area contributed by atoms with Gasteiger partial charge in [0, 0.05) is 46.6 Å². The molecule has 1 fully saturated rings. The van der Waals surface area contributed by atoms with Crippen molar-refractivity contribution in [1.29, 1.82) is 0 Å². The van der Waals surface area contributed by atoms with Crippen LogP contribution in [0.4, 0.5) is 18.9 Å². The highest BCUT2D eigenvalue weighted by atomic mass is 35.5. The van der Waals surface area contributed by atoms with Crippen molar-refractivity contribution in [3.05, 3.63) is 143 Å². The Balaban J connectivity index is 0.00000864. The molecule has 1 aliphatic heterocycles. The first-order valence-corrected chi connectivity index (χ1v) is 27.3. The number of likely N-dealkylation sites (N-methyl/N-ethyl adjacent to an activating group) is 1. The molecule has 0 aromatic heterocycles. The molecule has 368 valence electrons. The molecule has 0 radical (unpaired) electrons. The Morgan fingerprint density at radius 2 is 1.53 bits per heavy atom. The van der Waals surface area contributed by atoms with E-state index in [1.165, 1.54) is 23.9 Å². The molecule has 0 unspecified atom stereocenters. The highest BCUT2D eigenvalue weighted by molar-refractivity contribution is 7.99. The molecule has 0 saturated carbocycles. The van der Waals surface area contributed by atoms with Crippen LogP contribution in [0.25, 0.3) is 11.1 Å². The zero-order valence-corrected chi connectivity index (χ0v) is 41.7. The maximum absolute atomic E-state index is 14.2. The second-order valence-electron chi connectivity index (χ2n) is 16.4. The number of alkyl halides is 3. The van der Waals surface area contributed by atoms with Crippen LogP contribution in [-0.4, -0.2) is 99.3 Å². The molecule has 1 saturated heterocycles. The lowest BCUT2D eigenvalue weighted by atomic mass is 9.84. The van der Waals surface area contributed by atoms with Gasteiger partial charge in [-0.1, -0.05) is 72.3 Å². The van der Waals surface area contributed by atoms with E-state index in [2.05, 4.69) is 9.42 Å². The van der Waals surface area contributed by atoms with Gasteiger partial charge in [0.1, 0.15) is 5.75 Å². The molecule has 0 bridgehead atoms. The SMILES string of the molecule is CN(CCOP(=O)(O)O)CC[C@H](CSc1ccccc1)Cc1ccc(S(=O)(=O)CC(=O)c2ccc(N3CCC([C@@H](O)c4ccccc4-c4ccc(Cl)cc4)CC3)cc2)cc1S(=O)(=O)C(F)(F)F.Cl. The smallest absolute Gasteiger partial charge is 0.388 e. The van der Waals surface area contributed by atoms with Gasteiger partial charge in [-0.3, -0.25) is 9.32 Å². The number of aliphatic hydroxyl groups is 1. The van der Waals surface area contributed by atoms with Crippen molar-refractivity contribution in [2.24, 2.45) is 11.8 Å². The third-order valence-electron chi connectivity index (χ3n) is 11.7. The van der Waals surface area contributed by atoms with Crippen LogP contribution in [0.5, 0.6) is 0 Å². The van der Waals surface area contributed by atoms with E-state index in [1.54, 1.807) is 36.2 Å². The number of sulfone groups is 2. The number of benzene rings is 5. The van der Waals surface area contributed by atoms with Crippen LogP contribution in [0.2, 0.25) is 5.02 Å². The van der Waals surface area contributed by atoms with Crippen molar-refractivity contribution in [3.8, 4) is 11.1 Å². The number of phosphoric acid groups is 1. The molecule has 12 nitrogen and oxygen atoms in total. The minimum Gasteiger partial charge on any atom is -0.388 e. The Labute approximate surface area is 410 Å². The van der Waals surface area contributed by atoms with E-state index in [4.69, 9.17) is 21.4 Å². The van der Waals surface area contributed by atoms with Gasteiger partial charge in [-0.25, -0.2) is 21.4 Å². The monoisotopic (exact) mass is 1060 g/mol. The standard InChI is InChI=1S/C47H51ClF3N2O10PS3.ClH/c1-52(27-28-63-64(56,57)58)24-21-33(31-65-40-7-3-2-4-8-40)29-37-15-20-41(30-45(37)67(61,62)47(49,50)51)66(59,60)32-44(54)35-13-18-39(19-14-35)53-25-22-36(23-26-53)46(55)43-10-6-5-9-42(43)34-11-16-38(48)17-12-34;/h2-20,30,33,36,46,55H,21-29,31-32H2,1H3,(H2,56,57,58);1H/t33-,46+;/m0./s1. The van der Waals surface area contributed by atoms with Crippen molar-refractivity contribution < 1.29 is 58.8 Å². The fourth-order valence-electron chi connectivity index (χ4n) is 7.96. The average Bonchev–Trinajstić information content (AvgIpc) is 3.29. The average molecular weight is 1060 g/mol. The Hall–Kier alpha value is -3.78. The van der Waals surface area contributed by atoms with Gasteiger partial charge in [-0.15, -0.1) is 24.2 Å². The predicted octanol–water partition coefficient (Wildman–Crippen LogP) is 9.71. The summed E-state index contributed by atoms with van der Waals surface area (Å²) in [4.78, 5) is 34.1. The molecule has 1 aliphatic rings. The fourth-order valence-corrected chi connectivity index (χ4v) is 11.8. The minimum absolute atomic E-state index is 0. The topological polar surface area (TPSA) is 179 Å². The number of piperidine rings is 1. The summed E-state index contributed by atoms with van der Waals surface area (Å²) in [6.07, 6.45) is 0.746. The van der Waals surface area contributed by atoms with Crippen molar-refractivity contribution in [3.63, 3.8) is 0 Å². The van der Waals surface area contributed by atoms with E-state index in [0.717, 1.165) is 39.4 Å². The van der Waals surface area contributed by atoms with Gasteiger partial charge >= 0.3 is 13.3 Å². The number of aliphatic hydroxyl groups excluding tert-OH is 1. The molecule has 2 atom stereocenters. The quantitative estimate of drug-likeness (QED) is 0.0360. The first kappa shape index (κ1) is 55.2. The number of carbonyl (C=O) groups is 1. The number of anilines is 1. The van der Waals surface area contributed by atoms with Crippen LogP contribution in [0.3, 0.4) is 0 Å². The lowest BCUT2D eigenvalue weighted by Gasteiger charge is -2.36. The lowest BCUT2D eigenvalue weighted by Crippen LogP contribution is -2.35. The number of halogens is 5. The summed E-state index contributed by atoms with van der Waals surface area (Å²) in [5.74, 6) is -2.12. The lowest BCUT2D eigenvalue weighted by molar-refractivity contribution is -0.0436. The van der Waals surface area contributed by atoms with Gasteiger partial charge in [0.2, 0.25) is 0 Å². The maximum atomic E-state index is 14.2. The van der Waals surface area contributed by atoms with Crippen molar-refractivity contribution in [2.75, 3.05) is 56.2 Å². The number of phosphoric ester groups is 1. The first-order chi connectivity index (χ1) is 31.6. The molecule has 3 N–H and O–H groups in total. The Bertz CT molecular complexity index is 2750. The summed E-state index contributed by atoms with van der Waals surface area (Å²) in [7, 11) is -13.8. The number of rotatable bonds is 21. The summed E-state index contributed by atoms with van der Waals surface area (Å²) in [6, 6.07) is 33.1. The Kier molecular flexibility index (Phi) is 19.4. The summed E-state index contributed by atoms with van der Waals surface area (Å²) in [5, 5.41) is 12.1. The van der Waals surface area contributed by atoms with E-state index in [-0.39, 0.29) is 49.0 Å². The first-order valence-electron chi connectivity index (χ1n) is 21.3. The third kappa shape index (κ3) is 14.9. The molecule has 5 aromatic rings. The zero-order valence-electron chi connectivity index (χ0n) is 36.7. The molecule has 21 heteroatoms. The largest absolute Gasteiger partial charge is 0.501 e. The Morgan fingerprint density at radius 1 is 0.897 bits per heavy atom. The maximum Gasteiger partial charge on any atom is 0.501 e. The van der Waals surface area contributed by atoms with Crippen LogP contribution < -0.4 is 4.90 Å². The normalized spacial score (nSPS) is 14.9. The number of hydrogen-bond acceptors (Lipinski definition) is 11. The molecular formula is C47H52Cl2F3N2O10PS3. The van der Waals surface area contributed by atoms with E-state index in [9.17, 15) is 44.5 Å². The molecular weight excluding hydrogens is 1010 g/mol. The number of thioether (sulfide) groups is 1. The number of hydrogen-bond donors (Lipinski definition) is 3. The molecule has 6 rings (SSSR count). The Morgan fingerprint density at radius 3 is 2.16 bits per heavy atom. The summed E-state index contributed by atoms with van der Waals surface area (Å²) in [5.41, 5.74) is -2.54. The van der Waals surface area contributed by atoms with Crippen molar-refractivity contribution in [1.82, 2.24) is 4.90 Å². The fraction of sp³-hybridized carbons (Fsp3) is 0.340. The van der Waals surface area contributed by atoms with E-state index >= 15 is 0 Å². The summed E-state index contributed by atoms with van der Waals surface area (Å²) >= 11 is 7.49. The van der Waals surface area contributed by atoms with Crippen LogP contribution in [-0.2, 0) is 35.2 Å². The van der Waals surface area contributed by atoms with Crippen LogP contribution in [0.15, 0.2) is 136 Å². The molecule has 0 aliphatic carbocycles. The molecule has 68 heavy (non-hydrogen) atoms. The zero-order chi connectivity index (χ0) is 48.6. The van der Waals surface area contributed by atoms with Gasteiger partial charge in [-0.05, 0) is 134 Å². The second-order valence-corrected chi connectivity index (χ2v) is 23.1. The highest BCUT2D eigenvalue weighted by Crippen LogP contribution is 2.39. The number of carbonyl (C=O) groups excluding carboxylic acids is 1. The minimum atomic E-state index is -6.07. The summed E-state index contributed by atoms with van der Waals surface area (Å²) in [6.45, 7) is 1.32. The predicted molar refractivity (Wildman–Crippen MR) is 261 cm³/mol. The molecule has 0 amide bonds. The van der Waals surface area contributed by atoms with E-state index < -0.39 is 66.4 Å². The van der Waals surface area contributed by atoms with E-state index in [1.807, 2.05) is 66.7 Å². The number of ketones is 1. The molecule has 0 spiro atoms. The number of Topliss-reactive ketones (excluding diaryl/α,β-unsaturated/α-hetero) is 1. The van der Waals surface area contributed by atoms with E-state index in [0.29, 0.717) is 55.7 Å². The van der Waals surface area contributed by atoms with Crippen LogP contribution >= 0.6 is 43.6 Å². The van der Waals surface area contributed by atoms with Crippen LogP contribution in [0, 0.1) is 11.8 Å². The van der Waals surface area contributed by atoms with Crippen molar-refractivity contribution >= 4 is 74.7 Å². The molecule has 5 aromatic carbocycles. The van der Waals surface area contributed by atoms with Gasteiger partial charge in [0.05, 0.1) is 22.5 Å². The van der Waals surface area contributed by atoms with Gasteiger partial charge in [0.15, 0.2) is 15.6 Å². The van der Waals surface area contributed by atoms with Crippen LogP contribution in [0.1, 0.15) is 46.9 Å². The second kappa shape index (κ2) is 23.9. The number of nitrogens with zero attached hydrogens (tertiary/aromatic N) is 2. The molecule has 1 heterocycles. The van der Waals surface area contributed by atoms with Gasteiger partial charge < -0.3 is 24.7 Å². The van der Waals surface area contributed by atoms with Gasteiger partial charge in [-0.2, -0.15) is 13.2 Å². The summed E-state index contributed by atoms with van der Waals surface area (Å²) < 4.78 is 112.